The number of fused-ring (bicyclic) bond motifs is 1. The summed E-state index contributed by atoms with van der Waals surface area (Å²) in [6.45, 7) is 4.80. The summed E-state index contributed by atoms with van der Waals surface area (Å²) in [5.41, 5.74) is 4.10. The number of likely N-dealkylation sites (tertiary alicyclic amines) is 1. The number of aromatic nitrogens is 2. The van der Waals surface area contributed by atoms with Crippen LogP contribution in [0.25, 0.3) is 0 Å². The zero-order chi connectivity index (χ0) is 23.5. The van der Waals surface area contributed by atoms with Gasteiger partial charge in [-0.3, -0.25) is 4.79 Å². The van der Waals surface area contributed by atoms with Crippen molar-refractivity contribution in [3.05, 3.63) is 53.0 Å². The first-order valence-electron chi connectivity index (χ1n) is 12.4. The van der Waals surface area contributed by atoms with E-state index in [2.05, 4.69) is 44.9 Å². The van der Waals surface area contributed by atoms with E-state index in [-0.39, 0.29) is 18.1 Å². The lowest BCUT2D eigenvalue weighted by atomic mass is 9.99. The van der Waals surface area contributed by atoms with Crippen molar-refractivity contribution in [2.24, 2.45) is 0 Å². The van der Waals surface area contributed by atoms with E-state index in [1.807, 2.05) is 11.8 Å². The molecule has 0 saturated carbocycles. The highest BCUT2D eigenvalue weighted by molar-refractivity contribution is 5.94. The number of nitrogens with one attached hydrogen (secondary N) is 2. The summed E-state index contributed by atoms with van der Waals surface area (Å²) in [7, 11) is 1.74. The molecule has 2 atom stereocenters. The van der Waals surface area contributed by atoms with Gasteiger partial charge < -0.3 is 25.0 Å². The minimum absolute atomic E-state index is 0.00283. The first-order chi connectivity index (χ1) is 16.6. The van der Waals surface area contributed by atoms with Crippen molar-refractivity contribution in [3.8, 4) is 0 Å². The summed E-state index contributed by atoms with van der Waals surface area (Å²) in [5, 5.41) is 7.31. The number of benzene rings is 1. The Hall–Kier alpha value is -2.55. The monoisotopic (exact) mass is 465 g/mol. The normalized spacial score (nSPS) is 23.6. The van der Waals surface area contributed by atoms with Crippen LogP contribution in [0.1, 0.15) is 46.4 Å². The van der Waals surface area contributed by atoms with Crippen molar-refractivity contribution in [2.75, 3.05) is 38.7 Å². The fourth-order valence-electron chi connectivity index (χ4n) is 5.50. The van der Waals surface area contributed by atoms with E-state index in [1.165, 1.54) is 17.5 Å². The van der Waals surface area contributed by atoms with Crippen molar-refractivity contribution in [3.63, 3.8) is 0 Å². The lowest BCUT2D eigenvalue weighted by Gasteiger charge is -2.38. The van der Waals surface area contributed by atoms with Gasteiger partial charge in [-0.2, -0.15) is 0 Å². The van der Waals surface area contributed by atoms with Gasteiger partial charge in [-0.15, -0.1) is 0 Å². The molecule has 1 aromatic heterocycles. The molecule has 2 aliphatic heterocycles. The van der Waals surface area contributed by atoms with Crippen LogP contribution >= 0.6 is 0 Å². The highest BCUT2D eigenvalue weighted by Gasteiger charge is 2.31. The van der Waals surface area contributed by atoms with Crippen LogP contribution in [0.4, 0.5) is 5.82 Å². The summed E-state index contributed by atoms with van der Waals surface area (Å²) < 4.78 is 11.1. The number of ether oxygens (including phenoxy) is 2. The molecule has 1 aliphatic carbocycles. The molecule has 8 nitrogen and oxygen atoms in total. The fraction of sp³-hybridized carbons (Fsp3) is 0.577. The maximum absolute atomic E-state index is 13.3. The van der Waals surface area contributed by atoms with Gasteiger partial charge in [0.1, 0.15) is 17.8 Å². The maximum Gasteiger partial charge on any atom is 0.272 e. The number of carbonyl (C=O) groups is 1. The van der Waals surface area contributed by atoms with Crippen LogP contribution < -0.4 is 10.6 Å². The first-order valence-corrected chi connectivity index (χ1v) is 12.4. The molecule has 2 unspecified atom stereocenters. The van der Waals surface area contributed by atoms with Crippen molar-refractivity contribution < 1.29 is 14.3 Å². The zero-order valence-corrected chi connectivity index (χ0v) is 20.1. The number of methoxy groups -OCH3 is 1. The van der Waals surface area contributed by atoms with E-state index in [0.29, 0.717) is 24.4 Å². The smallest absolute Gasteiger partial charge is 0.272 e. The van der Waals surface area contributed by atoms with Gasteiger partial charge in [0, 0.05) is 50.5 Å². The average molecular weight is 466 g/mol. The molecule has 34 heavy (non-hydrogen) atoms. The van der Waals surface area contributed by atoms with Gasteiger partial charge in [-0.1, -0.05) is 24.3 Å². The predicted octanol–water partition coefficient (Wildman–Crippen LogP) is 2.36. The topological polar surface area (TPSA) is 88.6 Å². The molecule has 2 N–H and O–H groups in total. The zero-order valence-electron chi connectivity index (χ0n) is 20.1. The van der Waals surface area contributed by atoms with Gasteiger partial charge in [0.05, 0.1) is 12.7 Å². The van der Waals surface area contributed by atoms with Gasteiger partial charge in [-0.05, 0) is 50.2 Å². The molecule has 0 radical (unpaired) electrons. The van der Waals surface area contributed by atoms with Crippen molar-refractivity contribution in [1.82, 2.24) is 20.2 Å². The Bertz CT molecular complexity index is 983. The molecule has 2 saturated heterocycles. The minimum atomic E-state index is -0.00283. The van der Waals surface area contributed by atoms with Crippen LogP contribution in [0.5, 0.6) is 0 Å². The minimum Gasteiger partial charge on any atom is -0.379 e. The molecular weight excluding hydrogens is 430 g/mol. The third-order valence-electron chi connectivity index (χ3n) is 7.52. The number of piperidine rings is 1. The van der Waals surface area contributed by atoms with Gasteiger partial charge in [0.25, 0.3) is 5.91 Å². The van der Waals surface area contributed by atoms with E-state index in [4.69, 9.17) is 9.47 Å². The van der Waals surface area contributed by atoms with Crippen molar-refractivity contribution >= 4 is 11.7 Å². The van der Waals surface area contributed by atoms with Crippen LogP contribution in [0.15, 0.2) is 30.6 Å². The van der Waals surface area contributed by atoms with Crippen LogP contribution in [0.3, 0.4) is 0 Å². The molecule has 5 rings (SSSR count). The van der Waals surface area contributed by atoms with Crippen LogP contribution in [0.2, 0.25) is 0 Å². The van der Waals surface area contributed by atoms with E-state index in [1.54, 1.807) is 7.11 Å². The third kappa shape index (κ3) is 4.94. The number of nitrogens with zero attached hydrogens (tertiary/aromatic N) is 3. The van der Waals surface area contributed by atoms with Crippen molar-refractivity contribution in [1.29, 1.82) is 0 Å². The fourth-order valence-corrected chi connectivity index (χ4v) is 5.50. The maximum atomic E-state index is 13.3. The van der Waals surface area contributed by atoms with Gasteiger partial charge in [0.2, 0.25) is 0 Å². The Morgan fingerprint density at radius 2 is 1.82 bits per heavy atom. The van der Waals surface area contributed by atoms with Crippen molar-refractivity contribution in [2.45, 2.75) is 63.3 Å². The Morgan fingerprint density at radius 1 is 1.09 bits per heavy atom. The molecule has 3 aliphatic rings. The SMILES string of the molecule is COC1COCCC1NC1CCN(C(=O)c2ncnc(NC3Cc4ccccc4C3)c2C)CC1. The molecule has 0 bridgehead atoms. The Morgan fingerprint density at radius 3 is 2.53 bits per heavy atom. The standard InChI is InChI=1S/C26H35N5O3/c1-17-24(27-16-28-25(17)30-21-13-18-5-3-4-6-19(18)14-21)26(32)31-10-7-20(8-11-31)29-22-9-12-34-15-23(22)33-2/h3-6,16,20-23,29H,7-15H2,1-2H3,(H,27,28,30). The summed E-state index contributed by atoms with van der Waals surface area (Å²) in [5.74, 6) is 0.759. The molecule has 1 aromatic carbocycles. The van der Waals surface area contributed by atoms with Gasteiger partial charge in [0.15, 0.2) is 0 Å². The Kier molecular flexibility index (Phi) is 7.08. The first kappa shape index (κ1) is 23.2. The molecule has 2 aromatic rings. The molecular formula is C26H35N5O3. The number of anilines is 1. The molecule has 3 heterocycles. The molecule has 0 spiro atoms. The highest BCUT2D eigenvalue weighted by Crippen LogP contribution is 2.26. The van der Waals surface area contributed by atoms with Gasteiger partial charge in [-0.25, -0.2) is 9.97 Å². The van der Waals surface area contributed by atoms with Crippen LogP contribution in [-0.2, 0) is 22.3 Å². The van der Waals surface area contributed by atoms with Crippen LogP contribution in [0, 0.1) is 6.92 Å². The van der Waals surface area contributed by atoms with E-state index in [9.17, 15) is 4.79 Å². The number of carbonyl (C=O) groups excluding carboxylic acids is 1. The quantitative estimate of drug-likeness (QED) is 0.677. The second-order valence-corrected chi connectivity index (χ2v) is 9.69. The molecule has 2 fully saturated rings. The van der Waals surface area contributed by atoms with Crippen LogP contribution in [-0.4, -0.2) is 78.4 Å². The van der Waals surface area contributed by atoms with E-state index >= 15 is 0 Å². The van der Waals surface area contributed by atoms with E-state index < -0.39 is 0 Å². The van der Waals surface area contributed by atoms with E-state index in [0.717, 1.165) is 63.2 Å². The second kappa shape index (κ2) is 10.4. The summed E-state index contributed by atoms with van der Waals surface area (Å²) in [6, 6.07) is 9.54. The second-order valence-electron chi connectivity index (χ2n) is 9.69. The molecule has 1 amide bonds. The largest absolute Gasteiger partial charge is 0.379 e. The highest BCUT2D eigenvalue weighted by atomic mass is 16.5. The number of rotatable bonds is 6. The number of hydrogen-bond acceptors (Lipinski definition) is 7. The van der Waals surface area contributed by atoms with Gasteiger partial charge >= 0.3 is 0 Å². The predicted molar refractivity (Wildman–Crippen MR) is 130 cm³/mol. The Balaban J connectivity index is 1.18. The number of hydrogen-bond donors (Lipinski definition) is 2. The summed E-state index contributed by atoms with van der Waals surface area (Å²) in [4.78, 5) is 24.1. The third-order valence-corrected chi connectivity index (χ3v) is 7.52. The lowest BCUT2D eigenvalue weighted by molar-refractivity contribution is -0.0533. The summed E-state index contributed by atoms with van der Waals surface area (Å²) >= 11 is 0. The number of amides is 1. The molecule has 8 heteroatoms. The lowest BCUT2D eigenvalue weighted by Crippen LogP contribution is -2.54. The Labute approximate surface area is 201 Å². The molecule has 182 valence electrons. The average Bonchev–Trinajstić information content (AvgIpc) is 3.28. The summed E-state index contributed by atoms with van der Waals surface area (Å²) in [6.07, 6.45) is 6.36.